The third-order valence-electron chi connectivity index (χ3n) is 4.54. The Morgan fingerprint density at radius 1 is 1.19 bits per heavy atom. The van der Waals surface area contributed by atoms with Crippen molar-refractivity contribution < 1.29 is 9.50 Å². The minimum absolute atomic E-state index is 0.00656. The predicted octanol–water partition coefficient (Wildman–Crippen LogP) is 0.804. The Hall–Kier alpha value is -2.94. The third kappa shape index (κ3) is 3.50. The van der Waals surface area contributed by atoms with Crippen molar-refractivity contribution in [3.05, 3.63) is 56.5 Å². The maximum Gasteiger partial charge on any atom is 0.332 e. The van der Waals surface area contributed by atoms with Crippen molar-refractivity contribution in [3.8, 4) is 0 Å². The van der Waals surface area contributed by atoms with Crippen LogP contribution in [0.15, 0.2) is 33.9 Å². The van der Waals surface area contributed by atoms with Crippen molar-refractivity contribution >= 4 is 17.1 Å². The van der Waals surface area contributed by atoms with Gasteiger partial charge < -0.3 is 10.4 Å². The van der Waals surface area contributed by atoms with Crippen LogP contribution < -0.4 is 16.6 Å². The predicted molar refractivity (Wildman–Crippen MR) is 101 cm³/mol. The van der Waals surface area contributed by atoms with Gasteiger partial charge in [0.05, 0.1) is 6.54 Å². The lowest BCUT2D eigenvalue weighted by Gasteiger charge is -2.15. The molecule has 8 nitrogen and oxygen atoms in total. The van der Waals surface area contributed by atoms with Gasteiger partial charge in [-0.1, -0.05) is 12.1 Å². The van der Waals surface area contributed by atoms with E-state index in [1.54, 1.807) is 23.7 Å². The monoisotopic (exact) mass is 375 g/mol. The molecule has 27 heavy (non-hydrogen) atoms. The summed E-state index contributed by atoms with van der Waals surface area (Å²) in [5.41, 5.74) is 0.412. The lowest BCUT2D eigenvalue weighted by atomic mass is 10.2. The molecule has 1 atom stereocenters. The normalized spacial score (nSPS) is 12.5. The van der Waals surface area contributed by atoms with Crippen LogP contribution in [0.4, 0.5) is 10.3 Å². The second-order valence-electron chi connectivity index (χ2n) is 6.58. The Morgan fingerprint density at radius 3 is 2.48 bits per heavy atom. The Bertz CT molecular complexity index is 1080. The smallest absolute Gasteiger partial charge is 0.332 e. The van der Waals surface area contributed by atoms with Gasteiger partial charge in [-0.2, -0.15) is 4.98 Å². The summed E-state index contributed by atoms with van der Waals surface area (Å²) in [6.07, 6.45) is 0.497. The second kappa shape index (κ2) is 7.36. The summed E-state index contributed by atoms with van der Waals surface area (Å²) >= 11 is 0. The molecule has 3 aromatic rings. The standard InChI is InChI=1S/C18H22FN5O3/c1-11(8-9-25)20-17-21-15-14(16(26)23(3)18(27)22(15)2)24(17)10-12-4-6-13(19)7-5-12/h4-7,11,25H,8-10H2,1-3H3,(H,20,21). The molecule has 0 saturated heterocycles. The largest absolute Gasteiger partial charge is 0.396 e. The first-order valence-corrected chi connectivity index (χ1v) is 8.61. The molecule has 0 bridgehead atoms. The molecule has 0 aliphatic carbocycles. The van der Waals surface area contributed by atoms with Crippen LogP contribution in [0.1, 0.15) is 18.9 Å². The number of rotatable bonds is 6. The molecule has 9 heteroatoms. The summed E-state index contributed by atoms with van der Waals surface area (Å²) in [6, 6.07) is 5.87. The molecular formula is C18H22FN5O3. The maximum atomic E-state index is 13.2. The fourth-order valence-electron chi connectivity index (χ4n) is 2.97. The van der Waals surface area contributed by atoms with Crippen LogP contribution in [0.5, 0.6) is 0 Å². The number of nitrogens with one attached hydrogen (secondary N) is 1. The second-order valence-corrected chi connectivity index (χ2v) is 6.58. The van der Waals surface area contributed by atoms with E-state index in [9.17, 15) is 14.0 Å². The van der Waals surface area contributed by atoms with Gasteiger partial charge in [0.2, 0.25) is 5.95 Å². The fourth-order valence-corrected chi connectivity index (χ4v) is 2.97. The van der Waals surface area contributed by atoms with E-state index >= 15 is 0 Å². The van der Waals surface area contributed by atoms with Crippen molar-refractivity contribution in [2.24, 2.45) is 14.1 Å². The number of aliphatic hydroxyl groups excluding tert-OH is 1. The molecule has 1 aromatic carbocycles. The van der Waals surface area contributed by atoms with Crippen LogP contribution in [-0.2, 0) is 20.6 Å². The third-order valence-corrected chi connectivity index (χ3v) is 4.54. The van der Waals surface area contributed by atoms with Gasteiger partial charge >= 0.3 is 5.69 Å². The zero-order valence-corrected chi connectivity index (χ0v) is 15.4. The highest BCUT2D eigenvalue weighted by Gasteiger charge is 2.20. The van der Waals surface area contributed by atoms with Crippen LogP contribution in [-0.4, -0.2) is 36.4 Å². The van der Waals surface area contributed by atoms with E-state index in [-0.39, 0.29) is 36.2 Å². The van der Waals surface area contributed by atoms with Gasteiger partial charge in [-0.05, 0) is 31.0 Å². The molecule has 0 saturated carbocycles. The molecule has 0 fully saturated rings. The first kappa shape index (κ1) is 18.8. The molecule has 144 valence electrons. The van der Waals surface area contributed by atoms with E-state index < -0.39 is 11.2 Å². The van der Waals surface area contributed by atoms with Crippen LogP contribution in [0.25, 0.3) is 11.2 Å². The van der Waals surface area contributed by atoms with E-state index in [1.807, 2.05) is 6.92 Å². The van der Waals surface area contributed by atoms with Crippen molar-refractivity contribution in [3.63, 3.8) is 0 Å². The molecule has 0 spiro atoms. The van der Waals surface area contributed by atoms with Crippen LogP contribution >= 0.6 is 0 Å². The first-order valence-electron chi connectivity index (χ1n) is 8.61. The lowest BCUT2D eigenvalue weighted by molar-refractivity contribution is 0.282. The van der Waals surface area contributed by atoms with Gasteiger partial charge in [0.15, 0.2) is 11.2 Å². The molecule has 2 aromatic heterocycles. The highest BCUT2D eigenvalue weighted by atomic mass is 19.1. The minimum Gasteiger partial charge on any atom is -0.396 e. The summed E-state index contributed by atoms with van der Waals surface area (Å²) in [6.45, 7) is 2.17. The summed E-state index contributed by atoms with van der Waals surface area (Å²) < 4.78 is 17.3. The summed E-state index contributed by atoms with van der Waals surface area (Å²) in [5.74, 6) is 0.0658. The number of aryl methyl sites for hydroxylation is 1. The van der Waals surface area contributed by atoms with E-state index in [4.69, 9.17) is 5.11 Å². The number of benzene rings is 1. The fraction of sp³-hybridized carbons (Fsp3) is 0.389. The molecule has 1 unspecified atom stereocenters. The van der Waals surface area contributed by atoms with Gasteiger partial charge in [-0.25, -0.2) is 9.18 Å². The number of nitrogens with zero attached hydrogens (tertiary/aromatic N) is 4. The number of aromatic nitrogens is 4. The number of hydrogen-bond acceptors (Lipinski definition) is 5. The van der Waals surface area contributed by atoms with Gasteiger partial charge in [-0.15, -0.1) is 0 Å². The quantitative estimate of drug-likeness (QED) is 0.665. The number of anilines is 1. The molecule has 3 rings (SSSR count). The SMILES string of the molecule is CC(CCO)Nc1nc2c(c(=O)n(C)c(=O)n2C)n1Cc1ccc(F)cc1. The molecular weight excluding hydrogens is 353 g/mol. The number of halogens is 1. The Balaban J connectivity index is 2.21. The van der Waals surface area contributed by atoms with E-state index in [0.29, 0.717) is 12.4 Å². The number of aliphatic hydroxyl groups is 1. The Morgan fingerprint density at radius 2 is 1.85 bits per heavy atom. The van der Waals surface area contributed by atoms with Gasteiger partial charge in [-0.3, -0.25) is 18.5 Å². The average Bonchev–Trinajstić information content (AvgIpc) is 2.98. The molecule has 2 heterocycles. The van der Waals surface area contributed by atoms with Crippen LogP contribution in [0, 0.1) is 5.82 Å². The van der Waals surface area contributed by atoms with Gasteiger partial charge in [0.1, 0.15) is 5.82 Å². The number of hydrogen-bond donors (Lipinski definition) is 2. The van der Waals surface area contributed by atoms with E-state index in [1.165, 1.54) is 23.7 Å². The molecule has 0 aliphatic rings. The summed E-state index contributed by atoms with van der Waals surface area (Å²) in [7, 11) is 2.97. The molecule has 0 radical (unpaired) electrons. The van der Waals surface area contributed by atoms with Gasteiger partial charge in [0, 0.05) is 26.7 Å². The summed E-state index contributed by atoms with van der Waals surface area (Å²) in [5, 5.41) is 12.3. The van der Waals surface area contributed by atoms with Crippen molar-refractivity contribution in [2.45, 2.75) is 25.9 Å². The van der Waals surface area contributed by atoms with E-state index in [2.05, 4.69) is 10.3 Å². The highest BCUT2D eigenvalue weighted by Crippen LogP contribution is 2.19. The van der Waals surface area contributed by atoms with E-state index in [0.717, 1.165) is 10.1 Å². The lowest BCUT2D eigenvalue weighted by Crippen LogP contribution is -2.37. The molecule has 2 N–H and O–H groups in total. The van der Waals surface area contributed by atoms with Crippen molar-refractivity contribution in [1.29, 1.82) is 0 Å². The molecule has 0 amide bonds. The maximum absolute atomic E-state index is 13.2. The number of imidazole rings is 1. The number of fused-ring (bicyclic) bond motifs is 1. The zero-order valence-electron chi connectivity index (χ0n) is 15.4. The summed E-state index contributed by atoms with van der Waals surface area (Å²) in [4.78, 5) is 29.4. The Labute approximate surface area is 154 Å². The topological polar surface area (TPSA) is 94.1 Å². The van der Waals surface area contributed by atoms with Crippen molar-refractivity contribution in [2.75, 3.05) is 11.9 Å². The Kier molecular flexibility index (Phi) is 5.13. The minimum atomic E-state index is -0.464. The molecule has 0 aliphatic heterocycles. The van der Waals surface area contributed by atoms with Gasteiger partial charge in [0.25, 0.3) is 5.56 Å². The zero-order chi connectivity index (χ0) is 19.7. The van der Waals surface area contributed by atoms with Crippen molar-refractivity contribution in [1.82, 2.24) is 18.7 Å². The average molecular weight is 375 g/mol. The van der Waals surface area contributed by atoms with Crippen LogP contribution in [0.2, 0.25) is 0 Å². The van der Waals surface area contributed by atoms with Crippen LogP contribution in [0.3, 0.4) is 0 Å². The first-order chi connectivity index (χ1) is 12.8. The highest BCUT2D eigenvalue weighted by molar-refractivity contribution is 5.74.